The van der Waals surface area contributed by atoms with Crippen molar-refractivity contribution in [3.63, 3.8) is 0 Å². The van der Waals surface area contributed by atoms with Crippen molar-refractivity contribution in [1.82, 2.24) is 14.5 Å². The van der Waals surface area contributed by atoms with E-state index in [-0.39, 0.29) is 11.6 Å². The summed E-state index contributed by atoms with van der Waals surface area (Å²) in [7, 11) is 0. The van der Waals surface area contributed by atoms with Gasteiger partial charge < -0.3 is 23.5 Å². The Bertz CT molecular complexity index is 1460. The molecule has 0 unspecified atom stereocenters. The van der Waals surface area contributed by atoms with E-state index in [0.717, 1.165) is 79.4 Å². The highest BCUT2D eigenvalue weighted by atomic mass is 79.9. The summed E-state index contributed by atoms with van der Waals surface area (Å²) in [5.41, 5.74) is 1.91. The minimum Gasteiger partial charge on any atom is -0.379 e. The van der Waals surface area contributed by atoms with Crippen molar-refractivity contribution in [2.24, 2.45) is 5.92 Å². The number of imidazole rings is 1. The van der Waals surface area contributed by atoms with Gasteiger partial charge in [-0.05, 0) is 93.4 Å². The van der Waals surface area contributed by atoms with Crippen LogP contribution in [0.15, 0.2) is 42.5 Å². The molecule has 1 amide bonds. The summed E-state index contributed by atoms with van der Waals surface area (Å²) in [4.78, 5) is 20.6. The van der Waals surface area contributed by atoms with Gasteiger partial charge >= 0.3 is 6.18 Å². The maximum Gasteiger partial charge on any atom is 0.416 e. The van der Waals surface area contributed by atoms with Gasteiger partial charge in [0.25, 0.3) is 5.91 Å². The quantitative estimate of drug-likeness (QED) is 0.107. The van der Waals surface area contributed by atoms with Crippen LogP contribution in [0.5, 0.6) is 0 Å². The van der Waals surface area contributed by atoms with Gasteiger partial charge in [0.15, 0.2) is 0 Å². The maximum absolute atomic E-state index is 13.4. The number of benzene rings is 2. The fourth-order valence-electron chi connectivity index (χ4n) is 6.62. The van der Waals surface area contributed by atoms with Crippen molar-refractivity contribution < 1.29 is 36.9 Å². The van der Waals surface area contributed by atoms with Crippen LogP contribution in [-0.4, -0.2) is 91.6 Å². The Morgan fingerprint density at radius 3 is 2.20 bits per heavy atom. The van der Waals surface area contributed by atoms with Gasteiger partial charge in [-0.25, -0.2) is 4.98 Å². The molecule has 1 aliphatic carbocycles. The van der Waals surface area contributed by atoms with Crippen molar-refractivity contribution in [3.8, 4) is 0 Å². The zero-order valence-corrected chi connectivity index (χ0v) is 29.6. The highest BCUT2D eigenvalue weighted by Crippen LogP contribution is 2.37. The lowest BCUT2D eigenvalue weighted by molar-refractivity contribution is -0.137. The molecule has 0 spiro atoms. The Balaban J connectivity index is 1.17. The smallest absolute Gasteiger partial charge is 0.379 e. The van der Waals surface area contributed by atoms with Crippen molar-refractivity contribution in [2.45, 2.75) is 63.7 Å². The van der Waals surface area contributed by atoms with Gasteiger partial charge in [-0.1, -0.05) is 34.5 Å². The Kier molecular flexibility index (Phi) is 14.7. The zero-order valence-electron chi connectivity index (χ0n) is 28.0. The first-order valence-electron chi connectivity index (χ1n) is 17.4. The lowest BCUT2D eigenvalue weighted by Crippen LogP contribution is -2.29. The molecule has 1 N–H and O–H groups in total. The van der Waals surface area contributed by atoms with Gasteiger partial charge in [0.2, 0.25) is 5.95 Å². The second-order valence-electron chi connectivity index (χ2n) is 12.8. The molecule has 1 saturated carbocycles. The van der Waals surface area contributed by atoms with E-state index in [4.69, 9.17) is 23.9 Å². The Morgan fingerprint density at radius 2 is 1.53 bits per heavy atom. The lowest BCUT2D eigenvalue weighted by atomic mass is 9.86. The predicted molar refractivity (Wildman–Crippen MR) is 186 cm³/mol. The molecule has 2 fully saturated rings. The average molecular weight is 754 g/mol. The van der Waals surface area contributed by atoms with Crippen LogP contribution in [0.1, 0.15) is 72.5 Å². The number of fused-ring (bicyclic) bond motifs is 1. The first-order valence-corrected chi connectivity index (χ1v) is 18.5. The molecule has 0 radical (unpaired) electrons. The van der Waals surface area contributed by atoms with E-state index < -0.39 is 17.6 Å². The minimum absolute atomic E-state index is 0.0629. The first-order chi connectivity index (χ1) is 23.8. The second-order valence-corrected chi connectivity index (χ2v) is 13.6. The second kappa shape index (κ2) is 19.2. The van der Waals surface area contributed by atoms with Gasteiger partial charge in [-0.3, -0.25) is 15.0 Å². The summed E-state index contributed by atoms with van der Waals surface area (Å²) in [6.07, 6.45) is 2.77. The molecule has 2 aromatic carbocycles. The number of nitrogens with one attached hydrogen (secondary N) is 1. The summed E-state index contributed by atoms with van der Waals surface area (Å²) in [5.74, 6) is 0.152. The summed E-state index contributed by atoms with van der Waals surface area (Å²) >= 11 is 3.31. The summed E-state index contributed by atoms with van der Waals surface area (Å²) in [5, 5.41) is 3.68. The number of halogens is 4. The number of hydrogen-bond acceptors (Lipinski definition) is 7. The maximum atomic E-state index is 13.4. The molecule has 0 bridgehead atoms. The molecule has 5 rings (SSSR count). The molecule has 3 aromatic rings. The number of carbonyl (C=O) groups excluding carboxylic acids is 1. The normalized spacial score (nSPS) is 19.0. The van der Waals surface area contributed by atoms with Crippen LogP contribution >= 0.6 is 15.9 Å². The van der Waals surface area contributed by atoms with Gasteiger partial charge in [0.05, 0.1) is 62.8 Å². The van der Waals surface area contributed by atoms with E-state index in [9.17, 15) is 18.0 Å². The number of likely N-dealkylation sites (tertiary alicyclic amines) is 1. The van der Waals surface area contributed by atoms with Crippen LogP contribution in [0.25, 0.3) is 11.0 Å². The van der Waals surface area contributed by atoms with Crippen LogP contribution in [0, 0.1) is 5.92 Å². The highest BCUT2D eigenvalue weighted by molar-refractivity contribution is 9.09. The molecule has 13 heteroatoms. The Hall–Kier alpha value is -2.55. The molecule has 0 atom stereocenters. The standard InChI is InChI=1S/C36H48BrF3N4O5/c37-13-16-46-17-18-47-19-20-48-21-22-49-26-27-7-10-31(11-8-27)44-33-12-9-28(25-43-14-2-1-3-15-43)23-32(33)41-35(44)42-34(45)29-5-4-6-30(24-29)36(38,39)40/h4-6,9,12,23-24,27,31H,1-3,7-8,10-11,13-22,25-26H2,(H,41,42,45). The summed E-state index contributed by atoms with van der Waals surface area (Å²) in [6, 6.07) is 10.8. The van der Waals surface area contributed by atoms with Crippen LogP contribution in [0.4, 0.5) is 19.1 Å². The van der Waals surface area contributed by atoms with Crippen LogP contribution < -0.4 is 5.32 Å². The monoisotopic (exact) mass is 752 g/mol. The number of rotatable bonds is 18. The number of nitrogens with zero attached hydrogens (tertiary/aromatic N) is 3. The number of ether oxygens (including phenoxy) is 4. The third kappa shape index (κ3) is 11.5. The number of anilines is 1. The predicted octanol–water partition coefficient (Wildman–Crippen LogP) is 7.49. The molecular weight excluding hydrogens is 705 g/mol. The number of alkyl halides is 4. The van der Waals surface area contributed by atoms with E-state index >= 15 is 0 Å². The first kappa shape index (κ1) is 37.7. The van der Waals surface area contributed by atoms with Crippen molar-refractivity contribution in [2.75, 3.05) is 76.6 Å². The van der Waals surface area contributed by atoms with Gasteiger partial charge in [0.1, 0.15) is 0 Å². The van der Waals surface area contributed by atoms with Gasteiger partial charge in [-0.2, -0.15) is 13.2 Å². The molecule has 9 nitrogen and oxygen atoms in total. The number of amides is 1. The number of piperidine rings is 1. The molecule has 1 aromatic heterocycles. The van der Waals surface area contributed by atoms with E-state index in [1.807, 2.05) is 0 Å². The van der Waals surface area contributed by atoms with Crippen LogP contribution in [-0.2, 0) is 31.7 Å². The highest BCUT2D eigenvalue weighted by Gasteiger charge is 2.31. The summed E-state index contributed by atoms with van der Waals surface area (Å²) < 4.78 is 64.6. The van der Waals surface area contributed by atoms with E-state index in [1.54, 1.807) is 0 Å². The Morgan fingerprint density at radius 1 is 0.857 bits per heavy atom. The molecule has 270 valence electrons. The molecular formula is C36H48BrF3N4O5. The molecule has 1 aliphatic heterocycles. The third-order valence-corrected chi connectivity index (χ3v) is 9.48. The third-order valence-electron chi connectivity index (χ3n) is 9.16. The number of aromatic nitrogens is 2. The van der Waals surface area contributed by atoms with Crippen molar-refractivity contribution in [3.05, 3.63) is 59.2 Å². The van der Waals surface area contributed by atoms with Gasteiger partial charge in [-0.15, -0.1) is 0 Å². The van der Waals surface area contributed by atoms with Crippen LogP contribution in [0.3, 0.4) is 0 Å². The Labute approximate surface area is 294 Å². The van der Waals surface area contributed by atoms with Gasteiger partial charge in [0, 0.05) is 30.1 Å². The average Bonchev–Trinajstić information content (AvgIpc) is 3.46. The molecule has 1 saturated heterocycles. The molecule has 2 heterocycles. The van der Waals surface area contributed by atoms with Crippen LogP contribution in [0.2, 0.25) is 0 Å². The fraction of sp³-hybridized carbons (Fsp3) is 0.611. The van der Waals surface area contributed by atoms with Crippen molar-refractivity contribution >= 4 is 38.8 Å². The fourth-order valence-corrected chi connectivity index (χ4v) is 6.85. The van der Waals surface area contributed by atoms with E-state index in [0.29, 0.717) is 64.7 Å². The summed E-state index contributed by atoms with van der Waals surface area (Å²) in [6.45, 7) is 7.50. The molecule has 49 heavy (non-hydrogen) atoms. The number of carbonyl (C=O) groups is 1. The van der Waals surface area contributed by atoms with E-state index in [1.165, 1.54) is 31.4 Å². The minimum atomic E-state index is -4.54. The van der Waals surface area contributed by atoms with E-state index in [2.05, 4.69) is 48.9 Å². The number of hydrogen-bond donors (Lipinski definition) is 1. The topological polar surface area (TPSA) is 87.1 Å². The largest absolute Gasteiger partial charge is 0.416 e. The van der Waals surface area contributed by atoms with Crippen molar-refractivity contribution in [1.29, 1.82) is 0 Å². The SMILES string of the molecule is O=C(Nc1nc2cc(CN3CCCCC3)ccc2n1C1CCC(COCCOCCOCCOCCBr)CC1)c1cccc(C(F)(F)F)c1. The lowest BCUT2D eigenvalue weighted by Gasteiger charge is -2.30. The zero-order chi connectivity index (χ0) is 34.5. The molecule has 2 aliphatic rings.